The van der Waals surface area contributed by atoms with Gasteiger partial charge in [0, 0.05) is 11.1 Å². The van der Waals surface area contributed by atoms with E-state index >= 15 is 0 Å². The number of rotatable bonds is 3. The van der Waals surface area contributed by atoms with E-state index in [2.05, 4.69) is 24.0 Å². The monoisotopic (exact) mass is 248 g/mol. The van der Waals surface area contributed by atoms with Crippen molar-refractivity contribution in [3.05, 3.63) is 40.5 Å². The van der Waals surface area contributed by atoms with Crippen molar-refractivity contribution in [1.29, 1.82) is 0 Å². The van der Waals surface area contributed by atoms with Crippen molar-refractivity contribution in [3.8, 4) is 0 Å². The number of fused-ring (bicyclic) bond motifs is 1. The number of hydrogen-bond acceptors (Lipinski definition) is 2. The lowest BCUT2D eigenvalue weighted by Gasteiger charge is -2.09. The third-order valence-electron chi connectivity index (χ3n) is 2.94. The van der Waals surface area contributed by atoms with Gasteiger partial charge in [-0.25, -0.2) is 0 Å². The number of aromatic nitrogens is 1. The second-order valence-electron chi connectivity index (χ2n) is 4.64. The van der Waals surface area contributed by atoms with Crippen LogP contribution in [0.4, 0.5) is 0 Å². The summed E-state index contributed by atoms with van der Waals surface area (Å²) in [6.07, 6.45) is 0.986. The molecule has 0 amide bonds. The van der Waals surface area contributed by atoms with E-state index in [9.17, 15) is 0 Å². The van der Waals surface area contributed by atoms with Gasteiger partial charge in [0.15, 0.2) is 0 Å². The fourth-order valence-electron chi connectivity index (χ4n) is 1.97. The van der Waals surface area contributed by atoms with E-state index in [1.165, 1.54) is 5.56 Å². The number of benzene rings is 1. The van der Waals surface area contributed by atoms with E-state index in [4.69, 9.17) is 17.3 Å². The molecule has 90 valence electrons. The molecule has 1 atom stereocenters. The van der Waals surface area contributed by atoms with Crippen LogP contribution in [0.25, 0.3) is 10.9 Å². The van der Waals surface area contributed by atoms with Crippen molar-refractivity contribution in [2.45, 2.75) is 20.3 Å². The van der Waals surface area contributed by atoms with Crippen molar-refractivity contribution in [2.24, 2.45) is 11.7 Å². The maximum absolute atomic E-state index is 6.19. The van der Waals surface area contributed by atoms with Crippen LogP contribution >= 0.6 is 11.6 Å². The minimum Gasteiger partial charge on any atom is -0.330 e. The van der Waals surface area contributed by atoms with Gasteiger partial charge >= 0.3 is 0 Å². The zero-order chi connectivity index (χ0) is 12.4. The van der Waals surface area contributed by atoms with Crippen molar-refractivity contribution in [3.63, 3.8) is 0 Å². The number of pyridine rings is 1. The summed E-state index contributed by atoms with van der Waals surface area (Å²) in [6, 6.07) is 8.16. The summed E-state index contributed by atoms with van der Waals surface area (Å²) < 4.78 is 0. The summed E-state index contributed by atoms with van der Waals surface area (Å²) in [4.78, 5) is 4.51. The van der Waals surface area contributed by atoms with Crippen LogP contribution < -0.4 is 5.73 Å². The molecule has 0 saturated carbocycles. The smallest absolute Gasteiger partial charge is 0.0722 e. The van der Waals surface area contributed by atoms with Gasteiger partial charge in [-0.15, -0.1) is 0 Å². The molecule has 0 radical (unpaired) electrons. The normalized spacial score (nSPS) is 12.9. The molecule has 17 heavy (non-hydrogen) atoms. The van der Waals surface area contributed by atoms with Gasteiger partial charge in [-0.3, -0.25) is 4.98 Å². The van der Waals surface area contributed by atoms with Gasteiger partial charge in [0.05, 0.1) is 10.5 Å². The molecule has 3 heteroatoms. The van der Waals surface area contributed by atoms with Crippen molar-refractivity contribution in [2.75, 3.05) is 6.54 Å². The topological polar surface area (TPSA) is 38.9 Å². The highest BCUT2D eigenvalue weighted by molar-refractivity contribution is 6.35. The van der Waals surface area contributed by atoms with Gasteiger partial charge in [0.1, 0.15) is 0 Å². The quantitative estimate of drug-likeness (QED) is 0.905. The molecule has 2 rings (SSSR count). The first-order valence-corrected chi connectivity index (χ1v) is 6.24. The Hall–Kier alpha value is -1.12. The molecule has 1 unspecified atom stereocenters. The zero-order valence-electron chi connectivity index (χ0n) is 10.2. The lowest BCUT2D eigenvalue weighted by Crippen LogP contribution is -2.13. The molecule has 1 heterocycles. The molecule has 2 aromatic rings. The molecule has 2 N–H and O–H groups in total. The first-order valence-electron chi connectivity index (χ1n) is 5.86. The molecule has 0 saturated heterocycles. The predicted molar refractivity (Wildman–Crippen MR) is 73.4 cm³/mol. The van der Waals surface area contributed by atoms with Crippen LogP contribution in [0.15, 0.2) is 24.3 Å². The van der Waals surface area contributed by atoms with E-state index in [0.29, 0.717) is 12.5 Å². The highest BCUT2D eigenvalue weighted by atomic mass is 35.5. The summed E-state index contributed by atoms with van der Waals surface area (Å²) in [5.74, 6) is 0.493. The summed E-state index contributed by atoms with van der Waals surface area (Å²) >= 11 is 6.19. The van der Waals surface area contributed by atoms with E-state index in [0.717, 1.165) is 28.0 Å². The van der Waals surface area contributed by atoms with E-state index in [-0.39, 0.29) is 0 Å². The highest BCUT2D eigenvalue weighted by Gasteiger charge is 2.05. The third-order valence-corrected chi connectivity index (χ3v) is 3.25. The van der Waals surface area contributed by atoms with Gasteiger partial charge in [-0.2, -0.15) is 0 Å². The standard InChI is InChI=1S/C14H17ClN2/c1-9(8-16)5-11-3-4-12-13(15)6-10(2)17-14(12)7-11/h3-4,6-7,9H,5,8,16H2,1-2H3. The number of nitrogens with zero attached hydrogens (tertiary/aromatic N) is 1. The maximum atomic E-state index is 6.19. The maximum Gasteiger partial charge on any atom is 0.0722 e. The molecule has 0 aliphatic carbocycles. The van der Waals surface area contributed by atoms with Crippen LogP contribution in [-0.4, -0.2) is 11.5 Å². The molecule has 0 fully saturated rings. The predicted octanol–water partition coefficient (Wildman–Crippen LogP) is 3.33. The average molecular weight is 249 g/mol. The number of hydrogen-bond donors (Lipinski definition) is 1. The van der Waals surface area contributed by atoms with E-state index in [1.54, 1.807) is 0 Å². The third kappa shape index (κ3) is 2.76. The van der Waals surface area contributed by atoms with Gasteiger partial charge in [0.25, 0.3) is 0 Å². The molecule has 0 aliphatic heterocycles. The highest BCUT2D eigenvalue weighted by Crippen LogP contribution is 2.24. The van der Waals surface area contributed by atoms with Crippen LogP contribution in [0, 0.1) is 12.8 Å². The lowest BCUT2D eigenvalue weighted by atomic mass is 10.00. The van der Waals surface area contributed by atoms with E-state index in [1.807, 2.05) is 19.1 Å². The first-order chi connectivity index (χ1) is 8.10. The Labute approximate surface area is 107 Å². The lowest BCUT2D eigenvalue weighted by molar-refractivity contribution is 0.593. The van der Waals surface area contributed by atoms with Gasteiger partial charge in [0.2, 0.25) is 0 Å². The zero-order valence-corrected chi connectivity index (χ0v) is 11.0. The molecule has 1 aromatic carbocycles. The minimum atomic E-state index is 0.493. The number of aryl methyl sites for hydroxylation is 1. The van der Waals surface area contributed by atoms with Crippen LogP contribution in [-0.2, 0) is 6.42 Å². The van der Waals surface area contributed by atoms with Crippen LogP contribution in [0.3, 0.4) is 0 Å². The van der Waals surface area contributed by atoms with Crippen molar-refractivity contribution in [1.82, 2.24) is 4.98 Å². The first kappa shape index (κ1) is 12.3. The Kier molecular flexibility index (Phi) is 3.65. The van der Waals surface area contributed by atoms with E-state index < -0.39 is 0 Å². The molecule has 0 bridgehead atoms. The summed E-state index contributed by atoms with van der Waals surface area (Å²) in [5, 5.41) is 1.78. The van der Waals surface area contributed by atoms with Crippen LogP contribution in [0.2, 0.25) is 5.02 Å². The molecule has 1 aromatic heterocycles. The largest absolute Gasteiger partial charge is 0.330 e. The second kappa shape index (κ2) is 5.03. The summed E-state index contributed by atoms with van der Waals surface area (Å²) in [7, 11) is 0. The SMILES string of the molecule is Cc1cc(Cl)c2ccc(CC(C)CN)cc2n1. The second-order valence-corrected chi connectivity index (χ2v) is 5.05. The van der Waals surface area contributed by atoms with Crippen LogP contribution in [0.1, 0.15) is 18.2 Å². The van der Waals surface area contributed by atoms with Gasteiger partial charge < -0.3 is 5.73 Å². The average Bonchev–Trinajstić information content (AvgIpc) is 2.28. The Balaban J connectivity index is 2.43. The molecular formula is C14H17ClN2. The molecule has 2 nitrogen and oxygen atoms in total. The minimum absolute atomic E-state index is 0.493. The van der Waals surface area contributed by atoms with Gasteiger partial charge in [-0.05, 0) is 43.5 Å². The summed E-state index contributed by atoms with van der Waals surface area (Å²) in [6.45, 7) is 4.82. The fraction of sp³-hybridized carbons (Fsp3) is 0.357. The summed E-state index contributed by atoms with van der Waals surface area (Å²) in [5.41, 5.74) is 8.83. The Morgan fingerprint density at radius 3 is 2.82 bits per heavy atom. The molecule has 0 spiro atoms. The van der Waals surface area contributed by atoms with Gasteiger partial charge in [-0.1, -0.05) is 30.7 Å². The van der Waals surface area contributed by atoms with Crippen molar-refractivity contribution >= 4 is 22.5 Å². The molecule has 0 aliphatic rings. The Morgan fingerprint density at radius 1 is 1.35 bits per heavy atom. The van der Waals surface area contributed by atoms with Crippen LogP contribution in [0.5, 0.6) is 0 Å². The number of halogens is 1. The Bertz CT molecular complexity index is 537. The molecular weight excluding hydrogens is 232 g/mol. The number of nitrogens with two attached hydrogens (primary N) is 1. The Morgan fingerprint density at radius 2 is 2.12 bits per heavy atom. The fourth-order valence-corrected chi connectivity index (χ4v) is 2.29. The van der Waals surface area contributed by atoms with Crippen molar-refractivity contribution < 1.29 is 0 Å².